The second-order valence-electron chi connectivity index (χ2n) is 2.93. The van der Waals surface area contributed by atoms with Gasteiger partial charge < -0.3 is 15.5 Å². The van der Waals surface area contributed by atoms with Gasteiger partial charge in [-0.05, 0) is 13.1 Å². The number of carboxylic acid groups (broad SMARTS) is 1. The summed E-state index contributed by atoms with van der Waals surface area (Å²) in [4.78, 5) is 10.7. The first-order valence-electron chi connectivity index (χ1n) is 4.14. The van der Waals surface area contributed by atoms with E-state index in [9.17, 15) is 9.90 Å². The van der Waals surface area contributed by atoms with E-state index in [1.165, 1.54) is 17.9 Å². The van der Waals surface area contributed by atoms with Gasteiger partial charge in [-0.15, -0.1) is 0 Å². The van der Waals surface area contributed by atoms with E-state index in [1.807, 2.05) is 0 Å². The van der Waals surface area contributed by atoms with Crippen molar-refractivity contribution in [2.24, 2.45) is 7.05 Å². The van der Waals surface area contributed by atoms with Crippen molar-refractivity contribution >= 4 is 5.97 Å². The molecule has 6 nitrogen and oxygen atoms in total. The van der Waals surface area contributed by atoms with Gasteiger partial charge in [0, 0.05) is 13.2 Å². The van der Waals surface area contributed by atoms with E-state index in [2.05, 4.69) is 10.4 Å². The van der Waals surface area contributed by atoms with Gasteiger partial charge in [0.1, 0.15) is 12.1 Å². The molecule has 14 heavy (non-hydrogen) atoms. The van der Waals surface area contributed by atoms with Crippen LogP contribution in [0.4, 0.5) is 0 Å². The van der Waals surface area contributed by atoms with Crippen LogP contribution < -0.4 is 5.32 Å². The highest BCUT2D eigenvalue weighted by atomic mass is 16.4. The van der Waals surface area contributed by atoms with Crippen molar-refractivity contribution in [2.75, 3.05) is 7.05 Å². The summed E-state index contributed by atoms with van der Waals surface area (Å²) in [6.45, 7) is 0. The first-order chi connectivity index (χ1) is 6.57. The monoisotopic (exact) mass is 199 g/mol. The number of carbonyl (C=O) groups is 1. The first-order valence-corrected chi connectivity index (χ1v) is 4.14. The number of nitrogens with one attached hydrogen (secondary N) is 1. The summed E-state index contributed by atoms with van der Waals surface area (Å²) in [5.41, 5.74) is 0.465. The van der Waals surface area contributed by atoms with Gasteiger partial charge in [-0.1, -0.05) is 0 Å². The average Bonchev–Trinajstić information content (AvgIpc) is 2.51. The van der Waals surface area contributed by atoms with Crippen LogP contribution in [0.1, 0.15) is 11.8 Å². The molecular formula is C8H13N3O3. The molecule has 1 rings (SSSR count). The van der Waals surface area contributed by atoms with Crippen LogP contribution in [0, 0.1) is 0 Å². The molecule has 0 amide bonds. The summed E-state index contributed by atoms with van der Waals surface area (Å²) in [5, 5.41) is 24.9. The minimum absolute atomic E-state index is 0.465. The van der Waals surface area contributed by atoms with Crippen molar-refractivity contribution in [2.45, 2.75) is 12.1 Å². The molecule has 0 bridgehead atoms. The predicted molar refractivity (Wildman–Crippen MR) is 48.7 cm³/mol. The molecule has 0 fully saturated rings. The van der Waals surface area contributed by atoms with Crippen molar-refractivity contribution in [3.8, 4) is 0 Å². The number of aryl methyl sites for hydroxylation is 1. The maximum atomic E-state index is 10.7. The molecule has 0 saturated heterocycles. The number of aliphatic hydroxyl groups excluding tert-OH is 1. The Labute approximate surface area is 81.2 Å². The fraction of sp³-hybridized carbons (Fsp3) is 0.500. The lowest BCUT2D eigenvalue weighted by Crippen LogP contribution is -2.40. The highest BCUT2D eigenvalue weighted by molar-refractivity contribution is 5.74. The number of likely N-dealkylation sites (N-methyl/N-ethyl adjacent to an activating group) is 1. The first kappa shape index (κ1) is 10.7. The molecule has 6 heteroatoms. The van der Waals surface area contributed by atoms with E-state index < -0.39 is 18.1 Å². The molecule has 2 atom stereocenters. The van der Waals surface area contributed by atoms with Gasteiger partial charge in [0.05, 0.1) is 5.69 Å². The fourth-order valence-electron chi connectivity index (χ4n) is 1.26. The van der Waals surface area contributed by atoms with Gasteiger partial charge >= 0.3 is 5.97 Å². The second-order valence-corrected chi connectivity index (χ2v) is 2.93. The zero-order chi connectivity index (χ0) is 10.7. The highest BCUT2D eigenvalue weighted by Crippen LogP contribution is 2.15. The van der Waals surface area contributed by atoms with E-state index in [4.69, 9.17) is 5.11 Å². The number of aromatic nitrogens is 2. The lowest BCUT2D eigenvalue weighted by atomic mass is 10.1. The van der Waals surface area contributed by atoms with Gasteiger partial charge in [0.25, 0.3) is 0 Å². The average molecular weight is 199 g/mol. The number of hydrogen-bond donors (Lipinski definition) is 3. The third-order valence-corrected chi connectivity index (χ3v) is 2.05. The molecule has 2 unspecified atom stereocenters. The van der Waals surface area contributed by atoms with Crippen LogP contribution in [-0.4, -0.2) is 39.1 Å². The van der Waals surface area contributed by atoms with Crippen molar-refractivity contribution in [3.63, 3.8) is 0 Å². The van der Waals surface area contributed by atoms with E-state index >= 15 is 0 Å². The van der Waals surface area contributed by atoms with E-state index in [0.29, 0.717) is 5.69 Å². The third kappa shape index (κ3) is 1.91. The van der Waals surface area contributed by atoms with Gasteiger partial charge in [-0.25, -0.2) is 0 Å². The number of rotatable bonds is 4. The SMILES string of the molecule is CNC(C(=O)O)C(O)c1ccnn1C. The largest absolute Gasteiger partial charge is 0.480 e. The van der Waals surface area contributed by atoms with Crippen LogP contribution >= 0.6 is 0 Å². The van der Waals surface area contributed by atoms with Crippen molar-refractivity contribution in [1.82, 2.24) is 15.1 Å². The van der Waals surface area contributed by atoms with E-state index in [-0.39, 0.29) is 0 Å². The minimum atomic E-state index is -1.11. The van der Waals surface area contributed by atoms with Crippen LogP contribution in [0.2, 0.25) is 0 Å². The molecule has 1 aromatic heterocycles. The van der Waals surface area contributed by atoms with Crippen LogP contribution in [0.15, 0.2) is 12.3 Å². The number of carboxylic acids is 1. The van der Waals surface area contributed by atoms with E-state index in [1.54, 1.807) is 13.1 Å². The summed E-state index contributed by atoms with van der Waals surface area (Å²) in [6, 6.07) is 0.559. The fourth-order valence-corrected chi connectivity index (χ4v) is 1.26. The minimum Gasteiger partial charge on any atom is -0.480 e. The summed E-state index contributed by atoms with van der Waals surface area (Å²) in [5.74, 6) is -1.10. The smallest absolute Gasteiger partial charge is 0.323 e. The number of aliphatic hydroxyl groups is 1. The molecule has 0 aliphatic carbocycles. The van der Waals surface area contributed by atoms with Crippen LogP contribution in [-0.2, 0) is 11.8 Å². The van der Waals surface area contributed by atoms with Gasteiger partial charge in [-0.2, -0.15) is 5.10 Å². The quantitative estimate of drug-likeness (QED) is 0.586. The number of hydrogen-bond acceptors (Lipinski definition) is 4. The Morgan fingerprint density at radius 1 is 1.71 bits per heavy atom. The molecule has 0 aliphatic rings. The van der Waals surface area contributed by atoms with Gasteiger partial charge in [-0.3, -0.25) is 9.48 Å². The molecule has 0 radical (unpaired) electrons. The molecule has 0 aliphatic heterocycles. The van der Waals surface area contributed by atoms with Crippen LogP contribution in [0.25, 0.3) is 0 Å². The van der Waals surface area contributed by atoms with Gasteiger partial charge in [0.2, 0.25) is 0 Å². The van der Waals surface area contributed by atoms with Crippen LogP contribution in [0.3, 0.4) is 0 Å². The highest BCUT2D eigenvalue weighted by Gasteiger charge is 2.27. The molecule has 1 heterocycles. The Morgan fingerprint density at radius 2 is 2.36 bits per heavy atom. The molecular weight excluding hydrogens is 186 g/mol. The van der Waals surface area contributed by atoms with Crippen molar-refractivity contribution < 1.29 is 15.0 Å². The Kier molecular flexibility index (Phi) is 3.21. The molecule has 3 N–H and O–H groups in total. The zero-order valence-corrected chi connectivity index (χ0v) is 8.01. The summed E-state index contributed by atoms with van der Waals surface area (Å²) in [7, 11) is 3.13. The van der Waals surface area contributed by atoms with Crippen molar-refractivity contribution in [1.29, 1.82) is 0 Å². The lowest BCUT2D eigenvalue weighted by Gasteiger charge is -2.18. The summed E-state index contributed by atoms with van der Waals surface area (Å²) < 4.78 is 1.44. The molecule has 0 saturated carbocycles. The van der Waals surface area contributed by atoms with Gasteiger partial charge in [0.15, 0.2) is 0 Å². The topological polar surface area (TPSA) is 87.4 Å². The van der Waals surface area contributed by atoms with E-state index in [0.717, 1.165) is 0 Å². The van der Waals surface area contributed by atoms with Crippen molar-refractivity contribution in [3.05, 3.63) is 18.0 Å². The molecule has 1 aromatic rings. The summed E-state index contributed by atoms with van der Waals surface area (Å²) >= 11 is 0. The Bertz CT molecular complexity index is 323. The number of aliphatic carboxylic acids is 1. The molecule has 78 valence electrons. The Balaban J connectivity index is 2.88. The lowest BCUT2D eigenvalue weighted by molar-refractivity contribution is -0.142. The predicted octanol–water partition coefficient (Wildman–Crippen LogP) is -0.874. The standard InChI is InChI=1S/C8H13N3O3/c1-9-6(8(13)14)7(12)5-3-4-10-11(5)2/h3-4,6-7,9,12H,1-2H3,(H,13,14). The summed E-state index contributed by atoms with van der Waals surface area (Å²) in [6.07, 6.45) is 0.401. The Morgan fingerprint density at radius 3 is 2.71 bits per heavy atom. The number of nitrogens with zero attached hydrogens (tertiary/aromatic N) is 2. The maximum Gasteiger partial charge on any atom is 0.323 e. The maximum absolute atomic E-state index is 10.7. The van der Waals surface area contributed by atoms with Crippen LogP contribution in [0.5, 0.6) is 0 Å². The normalized spacial score (nSPS) is 15.1. The third-order valence-electron chi connectivity index (χ3n) is 2.05. The Hall–Kier alpha value is -1.40. The molecule has 0 aromatic carbocycles. The second kappa shape index (κ2) is 4.21. The molecule has 0 spiro atoms. The zero-order valence-electron chi connectivity index (χ0n) is 8.01.